The van der Waals surface area contributed by atoms with Gasteiger partial charge in [-0.25, -0.2) is 4.79 Å². The molecular weight excluding hydrogens is 314 g/mol. The van der Waals surface area contributed by atoms with Crippen molar-refractivity contribution in [2.24, 2.45) is 5.92 Å². The van der Waals surface area contributed by atoms with Crippen molar-refractivity contribution < 1.29 is 14.3 Å². The van der Waals surface area contributed by atoms with E-state index in [-0.39, 0.29) is 11.8 Å². The van der Waals surface area contributed by atoms with Gasteiger partial charge in [-0.15, -0.1) is 0 Å². The smallest absolute Gasteiger partial charge is 0.328 e. The lowest BCUT2D eigenvalue weighted by molar-refractivity contribution is -0.144. The quantitative estimate of drug-likeness (QED) is 0.690. The Morgan fingerprint density at radius 2 is 1.48 bits per heavy atom. The number of methoxy groups -OCH3 is 1. The summed E-state index contributed by atoms with van der Waals surface area (Å²) in [6, 6.07) is 16.0. The number of ether oxygens (including phenoxy) is 1. The highest BCUT2D eigenvalue weighted by atomic mass is 16.5. The average Bonchev–Trinajstić information content (AvgIpc) is 2.64. The van der Waals surface area contributed by atoms with E-state index in [1.807, 2.05) is 44.2 Å². The first kappa shape index (κ1) is 18.3. The zero-order valence-electron chi connectivity index (χ0n) is 14.6. The fraction of sp³-hybridized carbons (Fsp3) is 0.238. The number of benzene rings is 2. The van der Waals surface area contributed by atoms with E-state index in [0.29, 0.717) is 5.56 Å². The van der Waals surface area contributed by atoms with Crippen molar-refractivity contribution in [2.75, 3.05) is 7.11 Å². The molecule has 4 nitrogen and oxygen atoms in total. The van der Waals surface area contributed by atoms with Crippen LogP contribution in [0, 0.1) is 17.8 Å². The van der Waals surface area contributed by atoms with Crippen LogP contribution < -0.4 is 5.32 Å². The lowest BCUT2D eigenvalue weighted by Crippen LogP contribution is -2.45. The van der Waals surface area contributed by atoms with E-state index in [2.05, 4.69) is 17.2 Å². The van der Waals surface area contributed by atoms with Crippen LogP contribution in [0.5, 0.6) is 0 Å². The Hall–Kier alpha value is -3.06. The van der Waals surface area contributed by atoms with Gasteiger partial charge in [0.15, 0.2) is 0 Å². The van der Waals surface area contributed by atoms with Crippen LogP contribution in [0.3, 0.4) is 0 Å². The summed E-state index contributed by atoms with van der Waals surface area (Å²) in [6.07, 6.45) is 0. The Balaban J connectivity index is 2.07. The lowest BCUT2D eigenvalue weighted by atomic mass is 10.0. The molecule has 2 aromatic rings. The van der Waals surface area contributed by atoms with E-state index in [9.17, 15) is 9.59 Å². The normalized spacial score (nSPS) is 11.2. The van der Waals surface area contributed by atoms with Crippen LogP contribution >= 0.6 is 0 Å². The number of amides is 1. The van der Waals surface area contributed by atoms with Crippen LogP contribution in [0.1, 0.15) is 35.3 Å². The fourth-order valence-corrected chi connectivity index (χ4v) is 2.22. The van der Waals surface area contributed by atoms with Gasteiger partial charge in [0.1, 0.15) is 6.04 Å². The SMILES string of the molecule is COC(=O)C(NC(=O)c1ccc(C#Cc2ccccc2)cc1)C(C)C. The maximum absolute atomic E-state index is 12.3. The van der Waals surface area contributed by atoms with Crippen molar-refractivity contribution in [3.05, 3.63) is 71.3 Å². The van der Waals surface area contributed by atoms with E-state index in [0.717, 1.165) is 11.1 Å². The lowest BCUT2D eigenvalue weighted by Gasteiger charge is -2.19. The molecule has 1 unspecified atom stereocenters. The van der Waals surface area contributed by atoms with Crippen LogP contribution in [0.15, 0.2) is 54.6 Å². The molecule has 0 heterocycles. The molecule has 0 aliphatic carbocycles. The van der Waals surface area contributed by atoms with E-state index in [1.165, 1.54) is 7.11 Å². The predicted octanol–water partition coefficient (Wildman–Crippen LogP) is 3.01. The van der Waals surface area contributed by atoms with Crippen LogP contribution in [0.4, 0.5) is 0 Å². The summed E-state index contributed by atoms with van der Waals surface area (Å²) in [5.41, 5.74) is 2.22. The van der Waals surface area contributed by atoms with Crippen LogP contribution in [-0.4, -0.2) is 25.0 Å². The molecule has 128 valence electrons. The molecular formula is C21H21NO3. The molecule has 0 aliphatic heterocycles. The van der Waals surface area contributed by atoms with Gasteiger partial charge in [-0.1, -0.05) is 43.9 Å². The Morgan fingerprint density at radius 3 is 2.00 bits per heavy atom. The van der Waals surface area contributed by atoms with Gasteiger partial charge >= 0.3 is 5.97 Å². The predicted molar refractivity (Wildman–Crippen MR) is 97.0 cm³/mol. The van der Waals surface area contributed by atoms with Crippen molar-refractivity contribution in [2.45, 2.75) is 19.9 Å². The molecule has 0 aromatic heterocycles. The van der Waals surface area contributed by atoms with E-state index < -0.39 is 12.0 Å². The molecule has 1 atom stereocenters. The first-order valence-corrected chi connectivity index (χ1v) is 8.07. The van der Waals surface area contributed by atoms with Gasteiger partial charge < -0.3 is 10.1 Å². The summed E-state index contributed by atoms with van der Waals surface area (Å²) in [5, 5.41) is 2.71. The Labute approximate surface area is 148 Å². The summed E-state index contributed by atoms with van der Waals surface area (Å²) < 4.78 is 4.73. The third kappa shape index (κ3) is 5.22. The standard InChI is InChI=1S/C21H21NO3/c1-15(2)19(21(24)25-3)22-20(23)18-13-11-17(12-14-18)10-9-16-7-5-4-6-8-16/h4-8,11-15,19H,1-3H3,(H,22,23). The first-order valence-electron chi connectivity index (χ1n) is 8.07. The van der Waals surface area contributed by atoms with Gasteiger partial charge in [-0.2, -0.15) is 0 Å². The van der Waals surface area contributed by atoms with Crippen molar-refractivity contribution in [1.82, 2.24) is 5.32 Å². The largest absolute Gasteiger partial charge is 0.467 e. The summed E-state index contributed by atoms with van der Waals surface area (Å²) in [6.45, 7) is 3.70. The maximum Gasteiger partial charge on any atom is 0.328 e. The first-order chi connectivity index (χ1) is 12.0. The number of hydrogen-bond acceptors (Lipinski definition) is 3. The minimum absolute atomic E-state index is 0.0626. The van der Waals surface area contributed by atoms with Crippen LogP contribution in [-0.2, 0) is 9.53 Å². The molecule has 1 amide bonds. The van der Waals surface area contributed by atoms with Crippen LogP contribution in [0.2, 0.25) is 0 Å². The number of esters is 1. The number of rotatable bonds is 4. The van der Waals surface area contributed by atoms with Gasteiger partial charge in [0.2, 0.25) is 0 Å². The Kier molecular flexibility index (Phi) is 6.36. The summed E-state index contributed by atoms with van der Waals surface area (Å²) >= 11 is 0. The molecule has 0 bridgehead atoms. The molecule has 1 N–H and O–H groups in total. The molecule has 2 aromatic carbocycles. The molecule has 0 spiro atoms. The van der Waals surface area contributed by atoms with Gasteiger partial charge in [0.05, 0.1) is 7.11 Å². The average molecular weight is 335 g/mol. The zero-order chi connectivity index (χ0) is 18.2. The molecule has 4 heteroatoms. The van der Waals surface area contributed by atoms with E-state index in [4.69, 9.17) is 4.74 Å². The summed E-state index contributed by atoms with van der Waals surface area (Å²) in [7, 11) is 1.31. The molecule has 0 fully saturated rings. The monoisotopic (exact) mass is 335 g/mol. The number of nitrogens with one attached hydrogen (secondary N) is 1. The van der Waals surface area contributed by atoms with Gasteiger partial charge in [0, 0.05) is 16.7 Å². The highest BCUT2D eigenvalue weighted by molar-refractivity contribution is 5.96. The molecule has 0 aliphatic rings. The minimum Gasteiger partial charge on any atom is -0.467 e. The summed E-state index contributed by atoms with van der Waals surface area (Å²) in [4.78, 5) is 24.1. The topological polar surface area (TPSA) is 55.4 Å². The molecule has 0 radical (unpaired) electrons. The second-order valence-corrected chi connectivity index (χ2v) is 5.91. The van der Waals surface area contributed by atoms with Crippen molar-refractivity contribution in [3.8, 4) is 11.8 Å². The van der Waals surface area contributed by atoms with Gasteiger partial charge in [0.25, 0.3) is 5.91 Å². The highest BCUT2D eigenvalue weighted by Crippen LogP contribution is 2.08. The van der Waals surface area contributed by atoms with E-state index >= 15 is 0 Å². The number of carbonyl (C=O) groups is 2. The number of carbonyl (C=O) groups excluding carboxylic acids is 2. The minimum atomic E-state index is -0.671. The Morgan fingerprint density at radius 1 is 0.920 bits per heavy atom. The van der Waals surface area contributed by atoms with Crippen molar-refractivity contribution in [1.29, 1.82) is 0 Å². The summed E-state index contributed by atoms with van der Waals surface area (Å²) in [5.74, 6) is 5.30. The third-order valence-corrected chi connectivity index (χ3v) is 3.68. The fourth-order valence-electron chi connectivity index (χ4n) is 2.22. The maximum atomic E-state index is 12.3. The van der Waals surface area contributed by atoms with Crippen molar-refractivity contribution in [3.63, 3.8) is 0 Å². The number of hydrogen-bond donors (Lipinski definition) is 1. The third-order valence-electron chi connectivity index (χ3n) is 3.68. The molecule has 25 heavy (non-hydrogen) atoms. The molecule has 0 saturated carbocycles. The van der Waals surface area contributed by atoms with Gasteiger partial charge in [-0.3, -0.25) is 4.79 Å². The molecule has 2 rings (SSSR count). The highest BCUT2D eigenvalue weighted by Gasteiger charge is 2.25. The second kappa shape index (κ2) is 8.70. The Bertz CT molecular complexity index is 783. The zero-order valence-corrected chi connectivity index (χ0v) is 14.6. The van der Waals surface area contributed by atoms with Gasteiger partial charge in [-0.05, 0) is 42.3 Å². The molecule has 0 saturated heterocycles. The van der Waals surface area contributed by atoms with Crippen LogP contribution in [0.25, 0.3) is 0 Å². The van der Waals surface area contributed by atoms with E-state index in [1.54, 1.807) is 24.3 Å². The second-order valence-electron chi connectivity index (χ2n) is 5.91. The van der Waals surface area contributed by atoms with Crippen molar-refractivity contribution >= 4 is 11.9 Å².